The SMILES string of the molecule is Cc1ccc(Nc2nc(Cl)nc(Nc3cc(S(=O)(=O)O)cc4cc(S(=O)(=O)O)c(N=Nc5cc(C)c(C)cc5S(=O)(=O)O)c(O)c34)n2)c(S(=O)(=O)O)c1.Cc1ccc(Nc2nc(Cl)nc(Nc3cc(S(=O)(=O)[O-])cc4cc(S(=O)(=O)O)c(N=Nc5cc(C)c(C)cc5S(=O)(=O)[O-])c([O-])c34)n2)c(S(=O)(=O)[O-])c1.[Na+].[Na+].[Na+].[Na+]. The minimum absolute atomic E-state index is 0. The van der Waals surface area contributed by atoms with Crippen LogP contribution in [0.25, 0.3) is 21.5 Å². The van der Waals surface area contributed by atoms with Crippen LogP contribution < -0.4 is 145 Å². The second-order valence-corrected chi connectivity index (χ2v) is 33.9. The molecular formula is C56H44Cl2N14Na4O26S8. The van der Waals surface area contributed by atoms with E-state index in [-0.39, 0.29) is 130 Å². The van der Waals surface area contributed by atoms with E-state index in [1.54, 1.807) is 13.8 Å². The molecule has 0 bridgehead atoms. The van der Waals surface area contributed by atoms with E-state index >= 15 is 0 Å². The number of anilines is 8. The van der Waals surface area contributed by atoms with Gasteiger partial charge in [0.1, 0.15) is 67.0 Å². The molecule has 0 aliphatic carbocycles. The molecule has 54 heteroatoms. The summed E-state index contributed by atoms with van der Waals surface area (Å²) >= 11 is 12.1. The Balaban J connectivity index is 0.000000380. The zero-order valence-electron chi connectivity index (χ0n) is 57.6. The summed E-state index contributed by atoms with van der Waals surface area (Å²) in [7, 11) is -41.0. The first kappa shape index (κ1) is 94.8. The standard InChI is InChI=1S/2C28H24ClN7O13S4.4Na/c2*1-12-4-5-17(20(6-12)51(41,42)43)30-27-32-26(29)33-28(34-27)31-19-11-16(50(38,39)40)9-15-10-22(53(47,48)49)24(25(37)23(15)19)36-35-18-7-13(2)14(3)8-21(18)52(44,45)46;;;;/h2*4-11,37H,1-3H3,(H,38,39,40)(H,41,42,43)(H,44,45,46)(H,47,48,49)(H2,30,31,32,33,34);;;;/q;;4*+1/p-4. The molecule has 0 spiro atoms. The van der Waals surface area contributed by atoms with Crippen molar-refractivity contribution in [1.29, 1.82) is 0 Å². The Morgan fingerprint density at radius 1 is 0.355 bits per heavy atom. The minimum atomic E-state index is -5.39. The molecule has 560 valence electrons. The quantitative estimate of drug-likeness (QED) is 0.0204. The van der Waals surface area contributed by atoms with Crippen LogP contribution in [0, 0.1) is 41.5 Å². The van der Waals surface area contributed by atoms with Crippen molar-refractivity contribution in [3.05, 3.63) is 141 Å². The summed E-state index contributed by atoms with van der Waals surface area (Å²) in [5, 5.41) is 46.9. The number of benzene rings is 8. The zero-order chi connectivity index (χ0) is 78.8. The Morgan fingerprint density at radius 2 is 0.700 bits per heavy atom. The number of hydrogen-bond acceptors (Lipinski definition) is 35. The first-order chi connectivity index (χ1) is 48.6. The molecule has 10 N–H and O–H groups in total. The number of aryl methyl sites for hydroxylation is 6. The van der Waals surface area contributed by atoms with Crippen LogP contribution in [0.1, 0.15) is 33.4 Å². The Bertz CT molecular complexity index is 6120. The van der Waals surface area contributed by atoms with Gasteiger partial charge in [0.15, 0.2) is 5.75 Å². The molecule has 2 heterocycles. The summed E-state index contributed by atoms with van der Waals surface area (Å²) in [6.45, 7) is 9.19. The number of phenols is 1. The molecule has 10 aromatic rings. The van der Waals surface area contributed by atoms with E-state index in [1.807, 2.05) is 0 Å². The molecule has 0 atom stereocenters. The summed E-state index contributed by atoms with van der Waals surface area (Å²) in [5.41, 5.74) is -2.24. The van der Waals surface area contributed by atoms with Crippen LogP contribution in [-0.2, 0) is 80.9 Å². The Morgan fingerprint density at radius 3 is 1.12 bits per heavy atom. The number of rotatable bonds is 20. The molecule has 10 rings (SSSR count). The minimum Gasteiger partial charge on any atom is -0.870 e. The fourth-order valence-electron chi connectivity index (χ4n) is 9.59. The summed E-state index contributed by atoms with van der Waals surface area (Å²) in [5.74, 6) is -4.51. The van der Waals surface area contributed by atoms with Crippen molar-refractivity contribution in [3.63, 3.8) is 0 Å². The number of hydrogen-bond donors (Lipinski definition) is 10. The van der Waals surface area contributed by atoms with Crippen LogP contribution in [0.3, 0.4) is 0 Å². The van der Waals surface area contributed by atoms with E-state index in [4.69, 9.17) is 23.2 Å². The van der Waals surface area contributed by atoms with E-state index in [2.05, 4.69) is 71.6 Å². The van der Waals surface area contributed by atoms with Crippen molar-refractivity contribution in [2.45, 2.75) is 80.7 Å². The van der Waals surface area contributed by atoms with Crippen molar-refractivity contribution in [3.8, 4) is 11.5 Å². The third-order valence-electron chi connectivity index (χ3n) is 14.6. The van der Waals surface area contributed by atoms with Gasteiger partial charge in [-0.15, -0.1) is 20.5 Å². The van der Waals surface area contributed by atoms with Gasteiger partial charge in [-0.05, 0) is 199 Å². The number of azo groups is 2. The van der Waals surface area contributed by atoms with Crippen LogP contribution >= 0.6 is 23.2 Å². The van der Waals surface area contributed by atoms with Crippen LogP contribution in [0.4, 0.5) is 69.3 Å². The number of fused-ring (bicyclic) bond motifs is 2. The summed E-state index contributed by atoms with van der Waals surface area (Å²) in [6.07, 6.45) is 0. The van der Waals surface area contributed by atoms with Crippen molar-refractivity contribution < 1.29 is 232 Å². The van der Waals surface area contributed by atoms with Crippen molar-refractivity contribution in [2.75, 3.05) is 21.3 Å². The maximum atomic E-state index is 14.0. The van der Waals surface area contributed by atoms with Gasteiger partial charge in [-0.1, -0.05) is 17.9 Å². The van der Waals surface area contributed by atoms with Crippen LogP contribution in [-0.4, -0.2) is 139 Å². The summed E-state index contributed by atoms with van der Waals surface area (Å²) in [6, 6.07) is 16.0. The van der Waals surface area contributed by atoms with E-state index in [1.165, 1.54) is 58.0 Å². The number of aromatic nitrogens is 6. The molecule has 0 saturated carbocycles. The second-order valence-electron chi connectivity index (χ2n) is 22.2. The maximum Gasteiger partial charge on any atom is 1.00 e. The molecule has 40 nitrogen and oxygen atoms in total. The van der Waals surface area contributed by atoms with Gasteiger partial charge in [-0.2, -0.15) is 72.0 Å². The predicted molar refractivity (Wildman–Crippen MR) is 367 cm³/mol. The molecule has 8 aromatic carbocycles. The van der Waals surface area contributed by atoms with Gasteiger partial charge in [0.25, 0.3) is 50.6 Å². The van der Waals surface area contributed by atoms with Gasteiger partial charge in [-0.25, -0.2) is 25.3 Å². The third-order valence-corrected chi connectivity index (χ3v) is 21.8. The van der Waals surface area contributed by atoms with Crippen LogP contribution in [0.2, 0.25) is 10.6 Å². The van der Waals surface area contributed by atoms with E-state index in [9.17, 15) is 114 Å². The van der Waals surface area contributed by atoms with Gasteiger partial charge >= 0.3 is 118 Å². The van der Waals surface area contributed by atoms with E-state index in [0.29, 0.717) is 57.6 Å². The number of phenolic OH excluding ortho intramolecular Hbond substituents is 1. The molecule has 0 aliphatic heterocycles. The molecule has 0 saturated heterocycles. The molecule has 0 unspecified atom stereocenters. The topological polar surface area (TPSA) is 662 Å². The largest absolute Gasteiger partial charge is 1.00 e. The predicted octanol–water partition coefficient (Wildman–Crippen LogP) is -3.25. The molecule has 0 amide bonds. The fourth-order valence-corrected chi connectivity index (χ4v) is 15.1. The monoisotopic (exact) mass is 1750 g/mol. The van der Waals surface area contributed by atoms with Crippen molar-refractivity contribution in [1.82, 2.24) is 29.9 Å². The Hall–Kier alpha value is -5.84. The molecule has 110 heavy (non-hydrogen) atoms. The number of halogens is 2. The van der Waals surface area contributed by atoms with Gasteiger partial charge in [0.05, 0.1) is 42.3 Å². The Labute approximate surface area is 723 Å². The first-order valence-electron chi connectivity index (χ1n) is 28.2. The molecule has 0 radical (unpaired) electrons. The van der Waals surface area contributed by atoms with E-state index < -0.39 is 222 Å². The van der Waals surface area contributed by atoms with Gasteiger partial charge in [0.2, 0.25) is 34.4 Å². The average molecular weight is 1750 g/mol. The van der Waals surface area contributed by atoms with Gasteiger partial charge in [0, 0.05) is 11.1 Å². The number of nitrogens with one attached hydrogen (secondary N) is 4. The first-order valence-corrected chi connectivity index (χ1v) is 40.4. The van der Waals surface area contributed by atoms with Gasteiger partial charge < -0.3 is 45.1 Å². The summed E-state index contributed by atoms with van der Waals surface area (Å²) in [4.78, 5) is 16.2. The van der Waals surface area contributed by atoms with Crippen molar-refractivity contribution in [2.24, 2.45) is 20.5 Å². The zero-order valence-corrected chi connectivity index (χ0v) is 73.6. The van der Waals surface area contributed by atoms with Gasteiger partial charge in [-0.3, -0.25) is 22.8 Å². The average Bonchev–Trinajstić information content (AvgIpc) is 0.748. The molecule has 0 aliphatic rings. The number of aromatic hydroxyl groups is 1. The van der Waals surface area contributed by atoms with E-state index in [0.717, 1.165) is 42.5 Å². The molecule has 2 aromatic heterocycles. The normalized spacial score (nSPS) is 12.3. The van der Waals surface area contributed by atoms with Crippen LogP contribution in [0.15, 0.2) is 157 Å². The molecular weight excluding hydrogens is 1700 g/mol. The maximum absolute atomic E-state index is 14.0. The van der Waals surface area contributed by atoms with Crippen LogP contribution in [0.5, 0.6) is 11.5 Å². The Kier molecular flexibility index (Phi) is 30.6. The van der Waals surface area contributed by atoms with Crippen molar-refractivity contribution >= 4 is 195 Å². The summed E-state index contributed by atoms with van der Waals surface area (Å²) < 4.78 is 280. The molecule has 0 fully saturated rings. The fraction of sp³-hybridized carbons (Fsp3) is 0.107. The third kappa shape index (κ3) is 22.8. The smallest absolute Gasteiger partial charge is 0.870 e. The second kappa shape index (κ2) is 35.5. The number of nitrogens with zero attached hydrogens (tertiary/aromatic N) is 10.